The van der Waals surface area contributed by atoms with Crippen molar-refractivity contribution in [3.8, 4) is 0 Å². The summed E-state index contributed by atoms with van der Waals surface area (Å²) in [5, 5.41) is 10.4. The van der Waals surface area contributed by atoms with Gasteiger partial charge in [0.25, 0.3) is 0 Å². The van der Waals surface area contributed by atoms with Gasteiger partial charge in [-0.25, -0.2) is 0 Å². The quantitative estimate of drug-likeness (QED) is 0.812. The second kappa shape index (κ2) is 5.65. The maximum absolute atomic E-state index is 10.4. The van der Waals surface area contributed by atoms with Crippen molar-refractivity contribution in [1.29, 1.82) is 0 Å². The number of aliphatic hydroxyl groups is 1. The smallest absolute Gasteiger partial charge is 0.0818 e. The van der Waals surface area contributed by atoms with E-state index in [0.717, 1.165) is 27.4 Å². The zero-order valence-corrected chi connectivity index (χ0v) is 12.3. The molecule has 0 amide bonds. The van der Waals surface area contributed by atoms with E-state index in [-0.39, 0.29) is 6.10 Å². The third-order valence-electron chi connectivity index (χ3n) is 3.32. The SMILES string of the molecule is OC(c1cc(Br)cc(Br)c1)C1CCCCC1. The lowest BCUT2D eigenvalue weighted by molar-refractivity contribution is 0.0847. The zero-order chi connectivity index (χ0) is 11.5. The molecular formula is C13H16Br2O. The Morgan fingerprint density at radius 2 is 1.56 bits per heavy atom. The molecule has 0 heterocycles. The van der Waals surface area contributed by atoms with Gasteiger partial charge in [0.05, 0.1) is 6.10 Å². The molecule has 0 aliphatic heterocycles. The molecule has 16 heavy (non-hydrogen) atoms. The summed E-state index contributed by atoms with van der Waals surface area (Å²) in [6.07, 6.45) is 5.85. The van der Waals surface area contributed by atoms with Crippen molar-refractivity contribution in [2.75, 3.05) is 0 Å². The van der Waals surface area contributed by atoms with Gasteiger partial charge in [0, 0.05) is 8.95 Å². The summed E-state index contributed by atoms with van der Waals surface area (Å²) >= 11 is 6.93. The van der Waals surface area contributed by atoms with Crippen molar-refractivity contribution in [3.05, 3.63) is 32.7 Å². The summed E-state index contributed by atoms with van der Waals surface area (Å²) in [4.78, 5) is 0. The molecule has 0 radical (unpaired) electrons. The summed E-state index contributed by atoms with van der Waals surface area (Å²) in [7, 11) is 0. The van der Waals surface area contributed by atoms with Crippen molar-refractivity contribution in [1.82, 2.24) is 0 Å². The van der Waals surface area contributed by atoms with E-state index in [9.17, 15) is 5.11 Å². The molecule has 1 atom stereocenters. The Hall–Kier alpha value is 0.140. The Labute approximate surface area is 114 Å². The Morgan fingerprint density at radius 1 is 1.00 bits per heavy atom. The zero-order valence-electron chi connectivity index (χ0n) is 9.13. The molecule has 1 aromatic rings. The first-order valence-electron chi connectivity index (χ1n) is 5.81. The molecule has 3 heteroatoms. The maximum Gasteiger partial charge on any atom is 0.0818 e. The third kappa shape index (κ3) is 3.08. The monoisotopic (exact) mass is 346 g/mol. The summed E-state index contributed by atoms with van der Waals surface area (Å²) in [5.74, 6) is 0.440. The largest absolute Gasteiger partial charge is 0.388 e. The number of halogens is 2. The Morgan fingerprint density at radius 3 is 2.12 bits per heavy atom. The Bertz CT molecular complexity index is 339. The first-order chi connectivity index (χ1) is 7.66. The highest BCUT2D eigenvalue weighted by molar-refractivity contribution is 9.11. The van der Waals surface area contributed by atoms with Crippen LogP contribution >= 0.6 is 31.9 Å². The van der Waals surface area contributed by atoms with E-state index in [4.69, 9.17) is 0 Å². The van der Waals surface area contributed by atoms with Crippen molar-refractivity contribution in [2.45, 2.75) is 38.2 Å². The maximum atomic E-state index is 10.4. The highest BCUT2D eigenvalue weighted by Crippen LogP contribution is 2.36. The van der Waals surface area contributed by atoms with Gasteiger partial charge in [-0.1, -0.05) is 51.1 Å². The molecule has 1 fully saturated rings. The molecular weight excluding hydrogens is 332 g/mol. The highest BCUT2D eigenvalue weighted by atomic mass is 79.9. The lowest BCUT2D eigenvalue weighted by Crippen LogP contribution is -2.15. The molecule has 1 unspecified atom stereocenters. The third-order valence-corrected chi connectivity index (χ3v) is 4.24. The van der Waals surface area contributed by atoms with Gasteiger partial charge in [-0.05, 0) is 42.5 Å². The molecule has 0 saturated heterocycles. The lowest BCUT2D eigenvalue weighted by Gasteiger charge is -2.27. The Kier molecular flexibility index (Phi) is 4.45. The fraction of sp³-hybridized carbons (Fsp3) is 0.538. The van der Waals surface area contributed by atoms with Crippen LogP contribution in [0.3, 0.4) is 0 Å². The fourth-order valence-electron chi connectivity index (χ4n) is 2.47. The van der Waals surface area contributed by atoms with Gasteiger partial charge < -0.3 is 5.11 Å². The number of rotatable bonds is 2. The van der Waals surface area contributed by atoms with E-state index in [1.165, 1.54) is 19.3 Å². The molecule has 88 valence electrons. The van der Waals surface area contributed by atoms with E-state index >= 15 is 0 Å². The number of benzene rings is 1. The van der Waals surface area contributed by atoms with Gasteiger partial charge in [0.2, 0.25) is 0 Å². The minimum atomic E-state index is -0.311. The molecule has 1 saturated carbocycles. The van der Waals surface area contributed by atoms with Crippen molar-refractivity contribution in [2.24, 2.45) is 5.92 Å². The first kappa shape index (κ1) is 12.6. The van der Waals surface area contributed by atoms with E-state index in [1.54, 1.807) is 0 Å². The lowest BCUT2D eigenvalue weighted by atomic mass is 9.83. The highest BCUT2D eigenvalue weighted by Gasteiger charge is 2.23. The van der Waals surface area contributed by atoms with Gasteiger partial charge in [-0.15, -0.1) is 0 Å². The topological polar surface area (TPSA) is 20.2 Å². The predicted molar refractivity (Wildman–Crippen MR) is 73.4 cm³/mol. The van der Waals surface area contributed by atoms with E-state index in [0.29, 0.717) is 5.92 Å². The summed E-state index contributed by atoms with van der Waals surface area (Å²) < 4.78 is 2.04. The van der Waals surface area contributed by atoms with Crippen LogP contribution in [0.25, 0.3) is 0 Å². The average molecular weight is 348 g/mol. The normalized spacial score (nSPS) is 19.7. The molecule has 0 aromatic heterocycles. The van der Waals surface area contributed by atoms with Gasteiger partial charge >= 0.3 is 0 Å². The van der Waals surface area contributed by atoms with Crippen LogP contribution in [0.2, 0.25) is 0 Å². The standard InChI is InChI=1S/C13H16Br2O/c14-11-6-10(7-12(15)8-11)13(16)9-4-2-1-3-5-9/h6-9,13,16H,1-5H2. The van der Waals surface area contributed by atoms with Crippen LogP contribution in [-0.4, -0.2) is 5.11 Å². The molecule has 1 aliphatic carbocycles. The minimum absolute atomic E-state index is 0.311. The molecule has 1 aliphatic rings. The molecule has 0 spiro atoms. The van der Waals surface area contributed by atoms with Crippen molar-refractivity contribution >= 4 is 31.9 Å². The van der Waals surface area contributed by atoms with Crippen molar-refractivity contribution < 1.29 is 5.11 Å². The molecule has 2 rings (SSSR count). The molecule has 1 nitrogen and oxygen atoms in total. The summed E-state index contributed by atoms with van der Waals surface area (Å²) in [6, 6.07) is 6.03. The molecule has 0 bridgehead atoms. The first-order valence-corrected chi connectivity index (χ1v) is 7.39. The van der Waals surface area contributed by atoms with Gasteiger partial charge in [0.1, 0.15) is 0 Å². The average Bonchev–Trinajstić information content (AvgIpc) is 2.28. The van der Waals surface area contributed by atoms with Gasteiger partial charge in [0.15, 0.2) is 0 Å². The van der Waals surface area contributed by atoms with Gasteiger partial charge in [-0.3, -0.25) is 0 Å². The van der Waals surface area contributed by atoms with E-state index in [1.807, 2.05) is 18.2 Å². The second-order valence-electron chi connectivity index (χ2n) is 4.55. The minimum Gasteiger partial charge on any atom is -0.388 e. The second-order valence-corrected chi connectivity index (χ2v) is 6.38. The number of hydrogen-bond donors (Lipinski definition) is 1. The molecule has 1 aromatic carbocycles. The van der Waals surface area contributed by atoms with Crippen LogP contribution in [0.4, 0.5) is 0 Å². The van der Waals surface area contributed by atoms with Gasteiger partial charge in [-0.2, -0.15) is 0 Å². The van der Waals surface area contributed by atoms with Crippen LogP contribution < -0.4 is 0 Å². The Balaban J connectivity index is 2.15. The van der Waals surface area contributed by atoms with Crippen LogP contribution in [0.5, 0.6) is 0 Å². The number of hydrogen-bond acceptors (Lipinski definition) is 1. The van der Waals surface area contributed by atoms with Crippen LogP contribution in [0, 0.1) is 5.92 Å². The van der Waals surface area contributed by atoms with E-state index in [2.05, 4.69) is 31.9 Å². The predicted octanol–water partition coefficient (Wildman–Crippen LogP) is 4.83. The van der Waals surface area contributed by atoms with Crippen LogP contribution in [-0.2, 0) is 0 Å². The summed E-state index contributed by atoms with van der Waals surface area (Å²) in [6.45, 7) is 0. The van der Waals surface area contributed by atoms with E-state index < -0.39 is 0 Å². The van der Waals surface area contributed by atoms with Crippen molar-refractivity contribution in [3.63, 3.8) is 0 Å². The number of aliphatic hydroxyl groups excluding tert-OH is 1. The van der Waals surface area contributed by atoms with Crippen LogP contribution in [0.1, 0.15) is 43.8 Å². The summed E-state index contributed by atoms with van der Waals surface area (Å²) in [5.41, 5.74) is 1.02. The van der Waals surface area contributed by atoms with Crippen LogP contribution in [0.15, 0.2) is 27.1 Å². The fourth-order valence-corrected chi connectivity index (χ4v) is 3.80. The molecule has 1 N–H and O–H groups in total.